The lowest BCUT2D eigenvalue weighted by Crippen LogP contribution is -2.20. The second-order valence-electron chi connectivity index (χ2n) is 3.11. The minimum Gasteiger partial charge on any atom is -0.372 e. The molecule has 0 amide bonds. The van der Waals surface area contributed by atoms with Gasteiger partial charge in [0.1, 0.15) is 6.23 Å². The Balaban J connectivity index is 2.41. The second kappa shape index (κ2) is 2.32. The quantitative estimate of drug-likeness (QED) is 0.491. The average molecular weight is 193 g/mol. The first-order chi connectivity index (χ1) is 6.75. The molecule has 0 aliphatic carbocycles. The molecule has 3 N–H and O–H groups in total. The van der Waals surface area contributed by atoms with Gasteiger partial charge in [0.2, 0.25) is 5.95 Å². The largest absolute Gasteiger partial charge is 0.372 e. The van der Waals surface area contributed by atoms with Crippen LogP contribution >= 0.6 is 0 Å². The van der Waals surface area contributed by atoms with Crippen molar-refractivity contribution in [2.24, 2.45) is 0 Å². The van der Waals surface area contributed by atoms with E-state index in [0.717, 1.165) is 0 Å². The predicted octanol–water partition coefficient (Wildman–Crippen LogP) is -1.14. The highest BCUT2D eigenvalue weighted by atomic mass is 16.3. The maximum absolute atomic E-state index is 11.7. The number of aromatic nitrogens is 4. The monoisotopic (exact) mass is 193 g/mol. The van der Waals surface area contributed by atoms with E-state index in [9.17, 15) is 9.90 Å². The van der Waals surface area contributed by atoms with Crippen LogP contribution in [0.2, 0.25) is 0 Å². The van der Waals surface area contributed by atoms with Gasteiger partial charge in [-0.1, -0.05) is 0 Å². The highest BCUT2D eigenvalue weighted by Crippen LogP contribution is 2.13. The number of rotatable bonds is 0. The van der Waals surface area contributed by atoms with Crippen molar-refractivity contribution >= 4 is 17.1 Å². The number of hydrogen-bond donors (Lipinski definition) is 3. The maximum Gasteiger partial charge on any atom is 0.281 e. The first kappa shape index (κ1) is 7.51. The number of nitrogens with one attached hydrogen (secondary N) is 2. The summed E-state index contributed by atoms with van der Waals surface area (Å²) in [4.78, 5) is 22.4. The van der Waals surface area contributed by atoms with E-state index in [0.29, 0.717) is 17.1 Å². The van der Waals surface area contributed by atoms with Gasteiger partial charge in [-0.2, -0.15) is 4.98 Å². The minimum atomic E-state index is -0.748. The molecule has 0 saturated carbocycles. The summed E-state index contributed by atoms with van der Waals surface area (Å²) >= 11 is 0. The van der Waals surface area contributed by atoms with E-state index in [1.54, 1.807) is 0 Å². The van der Waals surface area contributed by atoms with E-state index >= 15 is 0 Å². The molecule has 0 spiro atoms. The van der Waals surface area contributed by atoms with Crippen LogP contribution in [0.4, 0.5) is 5.95 Å². The standard InChI is InChI=1S/C7H7N5O2/c13-3-1-12-6(14)4-5(9-2-8-4)11-7(12)10-3/h2-3,13H,1H2,(H,8,9)(H,10,11). The van der Waals surface area contributed by atoms with Gasteiger partial charge >= 0.3 is 0 Å². The van der Waals surface area contributed by atoms with Crippen molar-refractivity contribution in [3.05, 3.63) is 16.7 Å². The van der Waals surface area contributed by atoms with Crippen molar-refractivity contribution in [2.45, 2.75) is 12.8 Å². The second-order valence-corrected chi connectivity index (χ2v) is 3.11. The molecule has 2 aromatic rings. The van der Waals surface area contributed by atoms with Gasteiger partial charge in [0.25, 0.3) is 5.56 Å². The summed E-state index contributed by atoms with van der Waals surface area (Å²) in [5.41, 5.74) is 0.513. The van der Waals surface area contributed by atoms with Crippen molar-refractivity contribution in [1.82, 2.24) is 19.5 Å². The van der Waals surface area contributed by atoms with Crippen LogP contribution in [0.3, 0.4) is 0 Å². The van der Waals surface area contributed by atoms with E-state index in [-0.39, 0.29) is 12.1 Å². The summed E-state index contributed by atoms with van der Waals surface area (Å²) in [7, 11) is 0. The van der Waals surface area contributed by atoms with Crippen molar-refractivity contribution < 1.29 is 5.11 Å². The van der Waals surface area contributed by atoms with Crippen molar-refractivity contribution in [2.75, 3.05) is 5.32 Å². The molecular weight excluding hydrogens is 186 g/mol. The molecule has 3 rings (SSSR count). The molecule has 0 fully saturated rings. The fraction of sp³-hybridized carbons (Fsp3) is 0.286. The number of hydrogen-bond acceptors (Lipinski definition) is 5. The third-order valence-corrected chi connectivity index (χ3v) is 2.20. The van der Waals surface area contributed by atoms with Crippen LogP contribution in [0.5, 0.6) is 0 Å². The Morgan fingerprint density at radius 2 is 2.50 bits per heavy atom. The number of aliphatic hydroxyl groups is 1. The summed E-state index contributed by atoms with van der Waals surface area (Å²) in [5, 5.41) is 12.0. The number of anilines is 1. The Morgan fingerprint density at radius 1 is 1.64 bits per heavy atom. The Bertz CT molecular complexity index is 557. The lowest BCUT2D eigenvalue weighted by Gasteiger charge is -1.98. The molecule has 3 heterocycles. The molecule has 14 heavy (non-hydrogen) atoms. The van der Waals surface area contributed by atoms with Crippen molar-refractivity contribution in [3.63, 3.8) is 0 Å². The topological polar surface area (TPSA) is 95.8 Å². The molecule has 7 heteroatoms. The van der Waals surface area contributed by atoms with Crippen molar-refractivity contribution in [3.8, 4) is 0 Å². The minimum absolute atomic E-state index is 0.216. The summed E-state index contributed by atoms with van der Waals surface area (Å²) in [5.74, 6) is 0.363. The molecule has 0 saturated heterocycles. The van der Waals surface area contributed by atoms with Gasteiger partial charge < -0.3 is 15.4 Å². The van der Waals surface area contributed by atoms with Crippen LogP contribution in [-0.4, -0.2) is 30.9 Å². The maximum atomic E-state index is 11.7. The van der Waals surface area contributed by atoms with Crippen LogP contribution in [0.15, 0.2) is 11.1 Å². The first-order valence-corrected chi connectivity index (χ1v) is 4.14. The number of H-pyrrole nitrogens is 1. The molecule has 0 bridgehead atoms. The van der Waals surface area contributed by atoms with Crippen LogP contribution in [0, 0.1) is 0 Å². The lowest BCUT2D eigenvalue weighted by atomic mass is 10.5. The fourth-order valence-electron chi connectivity index (χ4n) is 1.57. The summed E-state index contributed by atoms with van der Waals surface area (Å²) < 4.78 is 1.38. The molecule has 0 aromatic carbocycles. The molecule has 1 atom stereocenters. The number of fused-ring (bicyclic) bond motifs is 2. The highest BCUT2D eigenvalue weighted by molar-refractivity contribution is 5.70. The normalized spacial score (nSPS) is 19.6. The van der Waals surface area contributed by atoms with E-state index in [2.05, 4.69) is 20.3 Å². The van der Waals surface area contributed by atoms with Gasteiger partial charge in [-0.15, -0.1) is 0 Å². The Hall–Kier alpha value is -1.89. The molecule has 72 valence electrons. The van der Waals surface area contributed by atoms with Gasteiger partial charge in [0, 0.05) is 0 Å². The van der Waals surface area contributed by atoms with E-state index in [4.69, 9.17) is 0 Å². The number of imidazole rings is 1. The number of nitrogens with zero attached hydrogens (tertiary/aromatic N) is 3. The van der Waals surface area contributed by atoms with E-state index in [1.807, 2.05) is 0 Å². The fourth-order valence-corrected chi connectivity index (χ4v) is 1.57. The molecule has 2 aromatic heterocycles. The zero-order chi connectivity index (χ0) is 9.71. The Morgan fingerprint density at radius 3 is 3.36 bits per heavy atom. The molecule has 1 aliphatic rings. The van der Waals surface area contributed by atoms with Crippen LogP contribution < -0.4 is 10.9 Å². The zero-order valence-corrected chi connectivity index (χ0v) is 7.06. The van der Waals surface area contributed by atoms with Gasteiger partial charge in [0.05, 0.1) is 12.9 Å². The highest BCUT2D eigenvalue weighted by Gasteiger charge is 2.22. The SMILES string of the molecule is O=c1c2[nH]cnc2nc2n1CC(O)N2. The average Bonchev–Trinajstić information content (AvgIpc) is 2.71. The molecule has 0 radical (unpaired) electrons. The molecule has 1 aliphatic heterocycles. The smallest absolute Gasteiger partial charge is 0.281 e. The van der Waals surface area contributed by atoms with Gasteiger partial charge in [-0.3, -0.25) is 9.36 Å². The zero-order valence-electron chi connectivity index (χ0n) is 7.06. The Kier molecular flexibility index (Phi) is 1.25. The number of aromatic amines is 1. The summed E-state index contributed by atoms with van der Waals surface area (Å²) in [6.45, 7) is 0.218. The van der Waals surface area contributed by atoms with E-state index < -0.39 is 6.23 Å². The van der Waals surface area contributed by atoms with Crippen LogP contribution in [0.1, 0.15) is 0 Å². The van der Waals surface area contributed by atoms with Crippen LogP contribution in [0.25, 0.3) is 11.2 Å². The summed E-state index contributed by atoms with van der Waals surface area (Å²) in [6.07, 6.45) is 0.673. The molecular formula is C7H7N5O2. The third-order valence-electron chi connectivity index (χ3n) is 2.20. The molecule has 7 nitrogen and oxygen atoms in total. The van der Waals surface area contributed by atoms with Gasteiger partial charge in [-0.05, 0) is 0 Å². The lowest BCUT2D eigenvalue weighted by molar-refractivity contribution is 0.197. The van der Waals surface area contributed by atoms with Gasteiger partial charge in [-0.25, -0.2) is 4.98 Å². The Labute approximate surface area is 77.4 Å². The molecule has 1 unspecified atom stereocenters. The van der Waals surface area contributed by atoms with Crippen molar-refractivity contribution in [1.29, 1.82) is 0 Å². The summed E-state index contributed by atoms with van der Waals surface area (Å²) in [6, 6.07) is 0. The predicted molar refractivity (Wildman–Crippen MR) is 47.8 cm³/mol. The van der Waals surface area contributed by atoms with Gasteiger partial charge in [0.15, 0.2) is 11.2 Å². The first-order valence-electron chi connectivity index (χ1n) is 4.14. The van der Waals surface area contributed by atoms with Crippen LogP contribution in [-0.2, 0) is 6.54 Å². The number of aliphatic hydroxyl groups excluding tert-OH is 1. The third kappa shape index (κ3) is 0.814. The van der Waals surface area contributed by atoms with E-state index in [1.165, 1.54) is 10.9 Å².